The van der Waals surface area contributed by atoms with Gasteiger partial charge in [-0.15, -0.1) is 0 Å². The lowest BCUT2D eigenvalue weighted by Crippen LogP contribution is -2.33. The molecule has 27 heavy (non-hydrogen) atoms. The third kappa shape index (κ3) is 5.20. The van der Waals surface area contributed by atoms with Crippen LogP contribution >= 0.6 is 0 Å². The molecule has 1 aliphatic heterocycles. The standard InChI is InChI=1S/C20H27FN2O3S/c1-27(24,25)18-6-7-19(20(21)12-18)16-2-4-17(5-3-16)26-13-15-8-10-23(14-22)11-9-15/h6-7,12,15-17H,2-5,8-11,13H2,1H3/t16-,17-. The molecule has 1 saturated carbocycles. The lowest BCUT2D eigenvalue weighted by molar-refractivity contribution is -0.00484. The van der Waals surface area contributed by atoms with Crippen molar-refractivity contribution in [1.29, 1.82) is 5.26 Å². The van der Waals surface area contributed by atoms with Crippen LogP contribution in [0.5, 0.6) is 0 Å². The minimum atomic E-state index is -3.39. The van der Waals surface area contributed by atoms with Gasteiger partial charge in [0.25, 0.3) is 0 Å². The number of piperidine rings is 1. The summed E-state index contributed by atoms with van der Waals surface area (Å²) in [7, 11) is -3.39. The smallest absolute Gasteiger partial charge is 0.179 e. The molecule has 7 heteroatoms. The first-order valence-corrected chi connectivity index (χ1v) is 11.5. The van der Waals surface area contributed by atoms with Crippen molar-refractivity contribution in [3.63, 3.8) is 0 Å². The van der Waals surface area contributed by atoms with E-state index in [2.05, 4.69) is 6.19 Å². The second-order valence-corrected chi connectivity index (χ2v) is 9.81. The molecule has 0 N–H and O–H groups in total. The Morgan fingerprint density at radius 3 is 2.41 bits per heavy atom. The number of hydrogen-bond acceptors (Lipinski definition) is 5. The number of hydrogen-bond donors (Lipinski definition) is 0. The van der Waals surface area contributed by atoms with E-state index in [1.807, 2.05) is 0 Å². The zero-order valence-corrected chi connectivity index (χ0v) is 16.5. The van der Waals surface area contributed by atoms with Crippen LogP contribution in [0.15, 0.2) is 23.1 Å². The topological polar surface area (TPSA) is 70.4 Å². The Morgan fingerprint density at radius 1 is 1.19 bits per heavy atom. The Morgan fingerprint density at radius 2 is 1.85 bits per heavy atom. The number of ether oxygens (including phenoxy) is 1. The monoisotopic (exact) mass is 394 g/mol. The fraction of sp³-hybridized carbons (Fsp3) is 0.650. The van der Waals surface area contributed by atoms with Gasteiger partial charge in [0.05, 0.1) is 11.0 Å². The molecule has 0 atom stereocenters. The van der Waals surface area contributed by atoms with Gasteiger partial charge in [0.1, 0.15) is 5.82 Å². The maximum absolute atomic E-state index is 14.4. The first-order valence-electron chi connectivity index (χ1n) is 9.62. The van der Waals surface area contributed by atoms with Gasteiger partial charge < -0.3 is 9.64 Å². The van der Waals surface area contributed by atoms with Crippen molar-refractivity contribution in [3.05, 3.63) is 29.6 Å². The Kier molecular flexibility index (Phi) is 6.38. The molecule has 0 unspecified atom stereocenters. The molecule has 5 nitrogen and oxygen atoms in total. The number of sulfone groups is 1. The van der Waals surface area contributed by atoms with Crippen molar-refractivity contribution >= 4 is 9.84 Å². The van der Waals surface area contributed by atoms with Gasteiger partial charge in [0.15, 0.2) is 16.0 Å². The number of nitrogens with zero attached hydrogens (tertiary/aromatic N) is 2. The van der Waals surface area contributed by atoms with Crippen LogP contribution in [0.3, 0.4) is 0 Å². The molecule has 1 heterocycles. The predicted molar refractivity (Wildman–Crippen MR) is 100 cm³/mol. The highest BCUT2D eigenvalue weighted by molar-refractivity contribution is 7.90. The Balaban J connectivity index is 1.47. The lowest BCUT2D eigenvalue weighted by Gasteiger charge is -2.32. The van der Waals surface area contributed by atoms with E-state index < -0.39 is 15.7 Å². The Hall–Kier alpha value is -1.65. The third-order valence-corrected chi connectivity index (χ3v) is 6.95. The van der Waals surface area contributed by atoms with E-state index in [1.165, 1.54) is 6.07 Å². The van der Waals surface area contributed by atoms with E-state index in [1.54, 1.807) is 11.0 Å². The second-order valence-electron chi connectivity index (χ2n) is 7.79. The average molecular weight is 395 g/mol. The van der Waals surface area contributed by atoms with Gasteiger partial charge in [0.2, 0.25) is 0 Å². The highest BCUT2D eigenvalue weighted by Gasteiger charge is 2.27. The van der Waals surface area contributed by atoms with Gasteiger partial charge >= 0.3 is 0 Å². The molecule has 3 rings (SSSR count). The fourth-order valence-corrected chi connectivity index (χ4v) is 4.71. The van der Waals surface area contributed by atoms with Gasteiger partial charge in [0, 0.05) is 26.0 Å². The normalized spacial score (nSPS) is 24.6. The summed E-state index contributed by atoms with van der Waals surface area (Å²) in [5.74, 6) is 0.220. The molecule has 0 radical (unpaired) electrons. The first-order chi connectivity index (χ1) is 12.9. The van der Waals surface area contributed by atoms with Crippen LogP contribution in [0.4, 0.5) is 4.39 Å². The lowest BCUT2D eigenvalue weighted by atomic mass is 9.82. The number of benzene rings is 1. The number of halogens is 1. The van der Waals surface area contributed by atoms with E-state index >= 15 is 0 Å². The zero-order chi connectivity index (χ0) is 19.4. The molecule has 0 bridgehead atoms. The maximum atomic E-state index is 14.4. The summed E-state index contributed by atoms with van der Waals surface area (Å²) in [6, 6.07) is 4.27. The van der Waals surface area contributed by atoms with Gasteiger partial charge in [-0.1, -0.05) is 6.07 Å². The quantitative estimate of drug-likeness (QED) is 0.715. The highest BCUT2D eigenvalue weighted by atomic mass is 32.2. The average Bonchev–Trinajstić information content (AvgIpc) is 2.66. The molecular formula is C20H27FN2O3S. The van der Waals surface area contributed by atoms with E-state index in [0.717, 1.165) is 70.5 Å². The summed E-state index contributed by atoms with van der Waals surface area (Å²) < 4.78 is 43.6. The first kappa shape index (κ1) is 20.1. The number of nitriles is 1. The highest BCUT2D eigenvalue weighted by Crippen LogP contribution is 2.36. The van der Waals surface area contributed by atoms with Crippen molar-refractivity contribution in [2.45, 2.75) is 55.4 Å². The van der Waals surface area contributed by atoms with Crippen LogP contribution < -0.4 is 0 Å². The molecular weight excluding hydrogens is 367 g/mol. The Bertz CT molecular complexity index is 790. The van der Waals surface area contributed by atoms with E-state index in [-0.39, 0.29) is 16.9 Å². The minimum absolute atomic E-state index is 0.0308. The molecule has 2 aliphatic rings. The second kappa shape index (κ2) is 8.57. The molecule has 1 aromatic carbocycles. The van der Waals surface area contributed by atoms with Gasteiger partial charge in [-0.3, -0.25) is 0 Å². The summed E-state index contributed by atoms with van der Waals surface area (Å²) in [5, 5.41) is 8.89. The predicted octanol–water partition coefficient (Wildman–Crippen LogP) is 3.47. The molecule has 0 aromatic heterocycles. The Labute approximate surface area is 161 Å². The summed E-state index contributed by atoms with van der Waals surface area (Å²) in [4.78, 5) is 1.83. The summed E-state index contributed by atoms with van der Waals surface area (Å²) in [6.07, 6.45) is 9.01. The van der Waals surface area contributed by atoms with Crippen molar-refractivity contribution in [2.75, 3.05) is 26.0 Å². The summed E-state index contributed by atoms with van der Waals surface area (Å²) >= 11 is 0. The molecule has 1 aliphatic carbocycles. The third-order valence-electron chi connectivity index (χ3n) is 5.84. The van der Waals surface area contributed by atoms with Crippen molar-refractivity contribution < 1.29 is 17.5 Å². The zero-order valence-electron chi connectivity index (χ0n) is 15.7. The van der Waals surface area contributed by atoms with Gasteiger partial charge in [-0.05, 0) is 68.1 Å². The van der Waals surface area contributed by atoms with E-state index in [9.17, 15) is 12.8 Å². The van der Waals surface area contributed by atoms with Gasteiger partial charge in [-0.25, -0.2) is 12.8 Å². The van der Waals surface area contributed by atoms with Crippen LogP contribution in [-0.4, -0.2) is 45.4 Å². The van der Waals surface area contributed by atoms with E-state index in [4.69, 9.17) is 10.00 Å². The molecule has 1 aromatic rings. The van der Waals surface area contributed by atoms with Gasteiger partial charge in [-0.2, -0.15) is 5.26 Å². The van der Waals surface area contributed by atoms with Crippen molar-refractivity contribution in [1.82, 2.24) is 4.90 Å². The maximum Gasteiger partial charge on any atom is 0.179 e. The largest absolute Gasteiger partial charge is 0.378 e. The van der Waals surface area contributed by atoms with Crippen molar-refractivity contribution in [3.8, 4) is 6.19 Å². The molecule has 0 amide bonds. The van der Waals surface area contributed by atoms with E-state index in [0.29, 0.717) is 11.5 Å². The summed E-state index contributed by atoms with van der Waals surface area (Å²) in [5.41, 5.74) is 0.615. The molecule has 2 fully saturated rings. The minimum Gasteiger partial charge on any atom is -0.378 e. The van der Waals surface area contributed by atoms with Crippen molar-refractivity contribution in [2.24, 2.45) is 5.92 Å². The molecule has 148 valence electrons. The summed E-state index contributed by atoms with van der Waals surface area (Å²) in [6.45, 7) is 2.38. The van der Waals surface area contributed by atoms with Crippen LogP contribution in [-0.2, 0) is 14.6 Å². The SMILES string of the molecule is CS(=O)(=O)c1ccc([C@H]2CC[C@H](OCC3CCN(C#N)CC3)CC2)c(F)c1. The number of likely N-dealkylation sites (tertiary alicyclic amines) is 1. The fourth-order valence-electron chi connectivity index (χ4n) is 4.08. The molecule has 1 saturated heterocycles. The van der Waals surface area contributed by atoms with Crippen LogP contribution in [0, 0.1) is 23.2 Å². The number of rotatable bonds is 5. The van der Waals surface area contributed by atoms with Crippen LogP contribution in [0.2, 0.25) is 0 Å². The van der Waals surface area contributed by atoms with Crippen LogP contribution in [0.1, 0.15) is 50.0 Å². The van der Waals surface area contributed by atoms with Crippen LogP contribution in [0.25, 0.3) is 0 Å². The molecule has 0 spiro atoms.